The number of nitrogens with zero attached hydrogens (tertiary/aromatic N) is 2. The van der Waals surface area contributed by atoms with E-state index in [2.05, 4.69) is 11.2 Å². The number of rotatable bonds is 3. The molecule has 3 nitrogen and oxygen atoms in total. The maximum Gasteiger partial charge on any atom is 0.273 e. The van der Waals surface area contributed by atoms with Crippen LogP contribution in [0.3, 0.4) is 0 Å². The molecule has 0 saturated carbocycles. The van der Waals surface area contributed by atoms with E-state index in [9.17, 15) is 4.79 Å². The first-order chi connectivity index (χ1) is 8.09. The molecule has 2 rings (SSSR count). The number of fused-ring (bicyclic) bond motifs is 1. The molecule has 1 heterocycles. The first-order valence-electron chi connectivity index (χ1n) is 5.38. The first kappa shape index (κ1) is 11.9. The largest absolute Gasteiger partial charge is 0.274 e. The molecule has 0 aliphatic carbocycles. The van der Waals surface area contributed by atoms with Crippen molar-refractivity contribution in [2.75, 3.05) is 0 Å². The van der Waals surface area contributed by atoms with Crippen LogP contribution in [0.15, 0.2) is 35.9 Å². The van der Waals surface area contributed by atoms with E-state index in [0.29, 0.717) is 12.2 Å². The third kappa shape index (κ3) is 2.39. The van der Waals surface area contributed by atoms with Gasteiger partial charge in [-0.1, -0.05) is 29.8 Å². The zero-order valence-corrected chi connectivity index (χ0v) is 10.5. The van der Waals surface area contributed by atoms with Crippen LogP contribution in [0.4, 0.5) is 0 Å². The van der Waals surface area contributed by atoms with Gasteiger partial charge < -0.3 is 0 Å². The van der Waals surface area contributed by atoms with Crippen molar-refractivity contribution in [3.8, 4) is 0 Å². The van der Waals surface area contributed by atoms with Gasteiger partial charge in [-0.15, -0.1) is 0 Å². The van der Waals surface area contributed by atoms with Crippen molar-refractivity contribution in [3.63, 3.8) is 0 Å². The predicted molar refractivity (Wildman–Crippen MR) is 69.3 cm³/mol. The summed E-state index contributed by atoms with van der Waals surface area (Å²) >= 11 is 5.53. The Bertz CT molecular complexity index is 594. The fourth-order valence-electron chi connectivity index (χ4n) is 1.68. The highest BCUT2D eigenvalue weighted by Gasteiger charge is 2.14. The van der Waals surface area contributed by atoms with Gasteiger partial charge in [0.25, 0.3) is 5.24 Å². The van der Waals surface area contributed by atoms with Crippen LogP contribution in [0.25, 0.3) is 10.9 Å². The van der Waals surface area contributed by atoms with E-state index in [1.807, 2.05) is 38.1 Å². The normalized spacial score (nSPS) is 10.5. The average molecular weight is 249 g/mol. The van der Waals surface area contributed by atoms with Gasteiger partial charge in [0.1, 0.15) is 0 Å². The number of hydrogen-bond acceptors (Lipinski definition) is 2. The molecule has 0 radical (unpaired) electrons. The zero-order valence-electron chi connectivity index (χ0n) is 9.77. The van der Waals surface area contributed by atoms with Gasteiger partial charge in [-0.25, -0.2) is 0 Å². The lowest BCUT2D eigenvalue weighted by atomic mass is 10.2. The highest BCUT2D eigenvalue weighted by atomic mass is 35.5. The molecule has 0 aliphatic rings. The van der Waals surface area contributed by atoms with Crippen LogP contribution in [0.5, 0.6) is 0 Å². The van der Waals surface area contributed by atoms with Crippen molar-refractivity contribution in [1.29, 1.82) is 0 Å². The van der Waals surface area contributed by atoms with Crippen LogP contribution in [-0.2, 0) is 6.54 Å². The summed E-state index contributed by atoms with van der Waals surface area (Å²) in [5.41, 5.74) is 2.46. The van der Waals surface area contributed by atoms with Gasteiger partial charge in [0.2, 0.25) is 0 Å². The molecule has 0 saturated heterocycles. The topological polar surface area (TPSA) is 34.9 Å². The molecular weight excluding hydrogens is 236 g/mol. The van der Waals surface area contributed by atoms with E-state index in [4.69, 9.17) is 11.6 Å². The quantitative estimate of drug-likeness (QED) is 0.617. The third-order valence-corrected chi connectivity index (χ3v) is 2.70. The van der Waals surface area contributed by atoms with Crippen LogP contribution in [0, 0.1) is 0 Å². The Hall–Kier alpha value is -1.61. The number of allylic oxidation sites excluding steroid dienone is 2. The minimum absolute atomic E-state index is 0.324. The number of carbonyl (C=O) groups excluding carboxylic acids is 1. The summed E-state index contributed by atoms with van der Waals surface area (Å²) in [4.78, 5) is 11.3. The van der Waals surface area contributed by atoms with Gasteiger partial charge in [0, 0.05) is 5.39 Å². The second-order valence-corrected chi connectivity index (χ2v) is 4.45. The summed E-state index contributed by atoms with van der Waals surface area (Å²) in [6.07, 6.45) is 2.06. The SMILES string of the molecule is CC(C)=CCn1nc(C(=O)Cl)c2ccccc21. The van der Waals surface area contributed by atoms with E-state index in [-0.39, 0.29) is 0 Å². The first-order valence-corrected chi connectivity index (χ1v) is 5.76. The molecule has 0 spiro atoms. The van der Waals surface area contributed by atoms with E-state index < -0.39 is 5.24 Å². The van der Waals surface area contributed by atoms with Crippen molar-refractivity contribution in [2.24, 2.45) is 0 Å². The Morgan fingerprint density at radius 1 is 1.41 bits per heavy atom. The average Bonchev–Trinajstić information content (AvgIpc) is 2.65. The molecule has 1 aromatic carbocycles. The van der Waals surface area contributed by atoms with Crippen molar-refractivity contribution in [1.82, 2.24) is 9.78 Å². The molecule has 1 aromatic heterocycles. The second-order valence-electron chi connectivity index (χ2n) is 4.10. The van der Waals surface area contributed by atoms with Gasteiger partial charge in [0.05, 0.1) is 12.1 Å². The Balaban J connectivity index is 2.56. The monoisotopic (exact) mass is 248 g/mol. The standard InChI is InChI=1S/C13H13ClN2O/c1-9(2)7-8-16-11-6-4-3-5-10(11)12(15-16)13(14)17/h3-7H,8H2,1-2H3. The molecule has 0 N–H and O–H groups in total. The molecule has 0 aliphatic heterocycles. The highest BCUT2D eigenvalue weighted by molar-refractivity contribution is 6.68. The van der Waals surface area contributed by atoms with E-state index in [0.717, 1.165) is 10.9 Å². The summed E-state index contributed by atoms with van der Waals surface area (Å²) in [5, 5.41) is 4.54. The van der Waals surface area contributed by atoms with Crippen molar-refractivity contribution >= 4 is 27.7 Å². The van der Waals surface area contributed by atoms with Gasteiger partial charge in [-0.3, -0.25) is 9.48 Å². The molecule has 4 heteroatoms. The van der Waals surface area contributed by atoms with E-state index >= 15 is 0 Å². The summed E-state index contributed by atoms with van der Waals surface area (Å²) in [5.74, 6) is 0. The number of carbonyl (C=O) groups is 1. The minimum atomic E-state index is -0.517. The fraction of sp³-hybridized carbons (Fsp3) is 0.231. The molecule has 0 amide bonds. The van der Waals surface area contributed by atoms with Crippen LogP contribution >= 0.6 is 11.6 Å². The fourth-order valence-corrected chi connectivity index (χ4v) is 1.82. The summed E-state index contributed by atoms with van der Waals surface area (Å²) in [6.45, 7) is 4.70. The predicted octanol–water partition coefficient (Wildman–Crippen LogP) is 3.38. The number of halogens is 1. The Morgan fingerprint density at radius 2 is 2.12 bits per heavy atom. The maximum atomic E-state index is 11.3. The van der Waals surface area contributed by atoms with Gasteiger partial charge in [0.15, 0.2) is 5.69 Å². The number of benzene rings is 1. The van der Waals surface area contributed by atoms with Crippen molar-refractivity contribution in [3.05, 3.63) is 41.6 Å². The van der Waals surface area contributed by atoms with E-state index in [1.165, 1.54) is 5.57 Å². The van der Waals surface area contributed by atoms with Crippen LogP contribution in [-0.4, -0.2) is 15.0 Å². The maximum absolute atomic E-state index is 11.3. The Labute approximate surface area is 105 Å². The second kappa shape index (κ2) is 4.72. The molecule has 0 atom stereocenters. The number of aromatic nitrogens is 2. The van der Waals surface area contributed by atoms with Crippen LogP contribution < -0.4 is 0 Å². The lowest BCUT2D eigenvalue weighted by Gasteiger charge is -1.98. The molecule has 0 fully saturated rings. The Kier molecular flexibility index (Phi) is 3.29. The molecule has 17 heavy (non-hydrogen) atoms. The van der Waals surface area contributed by atoms with Gasteiger partial charge in [-0.2, -0.15) is 5.10 Å². The van der Waals surface area contributed by atoms with Crippen molar-refractivity contribution in [2.45, 2.75) is 20.4 Å². The van der Waals surface area contributed by atoms with Crippen LogP contribution in [0.2, 0.25) is 0 Å². The van der Waals surface area contributed by atoms with Gasteiger partial charge in [-0.05, 0) is 31.5 Å². The van der Waals surface area contributed by atoms with Crippen molar-refractivity contribution < 1.29 is 4.79 Å². The third-order valence-electron chi connectivity index (χ3n) is 2.52. The highest BCUT2D eigenvalue weighted by Crippen LogP contribution is 2.19. The number of hydrogen-bond donors (Lipinski definition) is 0. The molecule has 88 valence electrons. The lowest BCUT2D eigenvalue weighted by molar-refractivity contribution is 0.107. The van der Waals surface area contributed by atoms with Crippen LogP contribution in [0.1, 0.15) is 24.3 Å². The minimum Gasteiger partial charge on any atom is -0.274 e. The summed E-state index contributed by atoms with van der Waals surface area (Å²) in [6, 6.07) is 7.59. The number of para-hydroxylation sites is 1. The Morgan fingerprint density at radius 3 is 2.76 bits per heavy atom. The molecule has 0 unspecified atom stereocenters. The van der Waals surface area contributed by atoms with Gasteiger partial charge >= 0.3 is 0 Å². The molecule has 0 bridgehead atoms. The molecular formula is C13H13ClN2O. The smallest absolute Gasteiger partial charge is 0.273 e. The molecule has 2 aromatic rings. The van der Waals surface area contributed by atoms with E-state index in [1.54, 1.807) is 4.68 Å². The summed E-state index contributed by atoms with van der Waals surface area (Å²) < 4.78 is 1.79. The summed E-state index contributed by atoms with van der Waals surface area (Å²) in [7, 11) is 0. The zero-order chi connectivity index (χ0) is 12.4. The lowest BCUT2D eigenvalue weighted by Crippen LogP contribution is -1.99.